The minimum absolute atomic E-state index is 0.112. The zero-order valence-corrected chi connectivity index (χ0v) is 16.4. The number of anilines is 1. The normalized spacial score (nSPS) is 38.2. The molecule has 1 aromatic rings. The molecule has 26 heavy (non-hydrogen) atoms. The molecule has 1 unspecified atom stereocenters. The van der Waals surface area contributed by atoms with Crippen molar-refractivity contribution in [2.45, 2.75) is 56.9 Å². The van der Waals surface area contributed by atoms with Gasteiger partial charge < -0.3 is 10.2 Å². The van der Waals surface area contributed by atoms with Crippen LogP contribution in [0.5, 0.6) is 0 Å². The molecule has 5 fully saturated rings. The molecule has 0 aromatic heterocycles. The number of carbonyl (C=O) groups excluding carboxylic acids is 1. The lowest BCUT2D eigenvalue weighted by Crippen LogP contribution is -2.60. The Kier molecular flexibility index (Phi) is 4.00. The fraction of sp³-hybridized carbons (Fsp3) is 0.682. The molecule has 0 spiro atoms. The molecule has 1 amide bonds. The van der Waals surface area contributed by atoms with E-state index in [9.17, 15) is 4.79 Å². The number of halogens is 1. The molecule has 4 aliphatic carbocycles. The van der Waals surface area contributed by atoms with E-state index < -0.39 is 0 Å². The molecule has 1 heterocycles. The van der Waals surface area contributed by atoms with E-state index in [2.05, 4.69) is 22.3 Å². The van der Waals surface area contributed by atoms with E-state index in [0.29, 0.717) is 5.91 Å². The first-order valence-corrected chi connectivity index (χ1v) is 10.7. The first kappa shape index (κ1) is 16.9. The predicted octanol–water partition coefficient (Wildman–Crippen LogP) is 4.74. The van der Waals surface area contributed by atoms with Crippen LogP contribution in [0.4, 0.5) is 5.69 Å². The summed E-state index contributed by atoms with van der Waals surface area (Å²) in [4.78, 5) is 15.7. The Morgan fingerprint density at radius 3 is 2.38 bits per heavy atom. The van der Waals surface area contributed by atoms with Gasteiger partial charge in [-0.2, -0.15) is 0 Å². The van der Waals surface area contributed by atoms with E-state index >= 15 is 0 Å². The van der Waals surface area contributed by atoms with E-state index in [1.54, 1.807) is 0 Å². The second-order valence-electron chi connectivity index (χ2n) is 9.38. The van der Waals surface area contributed by atoms with Crippen molar-refractivity contribution in [3.63, 3.8) is 0 Å². The van der Waals surface area contributed by atoms with E-state index in [1.807, 2.05) is 13.1 Å². The molecule has 1 aromatic carbocycles. The average Bonchev–Trinajstić information content (AvgIpc) is 2.97. The highest BCUT2D eigenvalue weighted by molar-refractivity contribution is 6.31. The Hall–Kier alpha value is -1.22. The Labute approximate surface area is 161 Å². The number of nitrogens with zero attached hydrogens (tertiary/aromatic N) is 1. The zero-order valence-electron chi connectivity index (χ0n) is 15.6. The summed E-state index contributed by atoms with van der Waals surface area (Å²) in [5, 5.41) is 3.90. The SMILES string of the molecule is CNc1ccc(CC2CCN(C34CC5CC(CC(C5)C3)C4)C2=O)c(Cl)c1. The summed E-state index contributed by atoms with van der Waals surface area (Å²) in [6.45, 7) is 0.960. The summed E-state index contributed by atoms with van der Waals surface area (Å²) < 4.78 is 0. The smallest absolute Gasteiger partial charge is 0.226 e. The third-order valence-corrected chi connectivity index (χ3v) is 8.05. The molecule has 5 aliphatic rings. The Morgan fingerprint density at radius 2 is 1.81 bits per heavy atom. The van der Waals surface area contributed by atoms with Gasteiger partial charge in [0.25, 0.3) is 0 Å². The molecule has 4 heteroatoms. The van der Waals surface area contributed by atoms with Crippen LogP contribution in [0.2, 0.25) is 5.02 Å². The summed E-state index contributed by atoms with van der Waals surface area (Å²) in [6, 6.07) is 6.10. The number of amides is 1. The molecule has 6 rings (SSSR count). The van der Waals surface area contributed by atoms with Crippen molar-refractivity contribution in [3.05, 3.63) is 28.8 Å². The maximum Gasteiger partial charge on any atom is 0.226 e. The van der Waals surface area contributed by atoms with Crippen LogP contribution in [0.25, 0.3) is 0 Å². The lowest BCUT2D eigenvalue weighted by Gasteiger charge is -2.60. The lowest BCUT2D eigenvalue weighted by molar-refractivity contribution is -0.147. The minimum atomic E-state index is 0.112. The zero-order chi connectivity index (χ0) is 17.9. The van der Waals surface area contributed by atoms with Gasteiger partial charge in [0, 0.05) is 35.8 Å². The standard InChI is InChI=1S/C22H29ClN2O/c1-24-19-3-2-17(20(23)10-19)9-18-4-5-25(21(18)26)22-11-14-6-15(12-22)8-16(7-14)13-22/h2-3,10,14-16,18,24H,4-9,11-13H2,1H3. The van der Waals surface area contributed by atoms with Gasteiger partial charge in [-0.05, 0) is 86.8 Å². The first-order valence-electron chi connectivity index (χ1n) is 10.3. The lowest BCUT2D eigenvalue weighted by atomic mass is 9.52. The van der Waals surface area contributed by atoms with Gasteiger partial charge in [0.1, 0.15) is 0 Å². The summed E-state index contributed by atoms with van der Waals surface area (Å²) in [6.07, 6.45) is 9.88. The van der Waals surface area contributed by atoms with Crippen LogP contribution in [0.3, 0.4) is 0 Å². The fourth-order valence-corrected chi connectivity index (χ4v) is 7.19. The highest BCUT2D eigenvalue weighted by Gasteiger charge is 2.56. The van der Waals surface area contributed by atoms with Gasteiger partial charge in [-0.3, -0.25) is 4.79 Å². The van der Waals surface area contributed by atoms with Crippen LogP contribution in [0.15, 0.2) is 18.2 Å². The molecule has 4 saturated carbocycles. The highest BCUT2D eigenvalue weighted by atomic mass is 35.5. The number of carbonyl (C=O) groups is 1. The van der Waals surface area contributed by atoms with E-state index in [1.165, 1.54) is 38.5 Å². The molecule has 1 atom stereocenters. The van der Waals surface area contributed by atoms with E-state index in [4.69, 9.17) is 11.6 Å². The molecule has 1 aliphatic heterocycles. The molecule has 3 nitrogen and oxygen atoms in total. The van der Waals surface area contributed by atoms with Crippen molar-refractivity contribution in [1.29, 1.82) is 0 Å². The molecular weight excluding hydrogens is 344 g/mol. The summed E-state index contributed by atoms with van der Waals surface area (Å²) in [5.41, 5.74) is 2.34. The Bertz CT molecular complexity index is 696. The van der Waals surface area contributed by atoms with Crippen LogP contribution in [-0.2, 0) is 11.2 Å². The minimum Gasteiger partial charge on any atom is -0.388 e. The Morgan fingerprint density at radius 1 is 1.15 bits per heavy atom. The number of likely N-dealkylation sites (tertiary alicyclic amines) is 1. The van der Waals surface area contributed by atoms with Crippen molar-refractivity contribution in [2.24, 2.45) is 23.7 Å². The quantitative estimate of drug-likeness (QED) is 0.827. The van der Waals surface area contributed by atoms with Crippen LogP contribution < -0.4 is 5.32 Å². The molecular formula is C22H29ClN2O. The van der Waals surface area contributed by atoms with Crippen molar-refractivity contribution < 1.29 is 4.79 Å². The number of hydrogen-bond acceptors (Lipinski definition) is 2. The Balaban J connectivity index is 1.33. The summed E-state index contributed by atoms with van der Waals surface area (Å²) >= 11 is 6.46. The predicted molar refractivity (Wildman–Crippen MR) is 105 cm³/mol. The monoisotopic (exact) mass is 372 g/mol. The van der Waals surface area contributed by atoms with Crippen molar-refractivity contribution in [3.8, 4) is 0 Å². The molecule has 140 valence electrons. The number of rotatable bonds is 4. The van der Waals surface area contributed by atoms with Crippen LogP contribution in [0.1, 0.15) is 50.5 Å². The maximum atomic E-state index is 13.3. The van der Waals surface area contributed by atoms with Gasteiger partial charge in [-0.25, -0.2) is 0 Å². The first-order chi connectivity index (χ1) is 12.6. The van der Waals surface area contributed by atoms with Gasteiger partial charge in [-0.1, -0.05) is 17.7 Å². The number of hydrogen-bond donors (Lipinski definition) is 1. The molecule has 1 saturated heterocycles. The molecule has 0 radical (unpaired) electrons. The van der Waals surface area contributed by atoms with Gasteiger partial charge in [-0.15, -0.1) is 0 Å². The van der Waals surface area contributed by atoms with Crippen molar-refractivity contribution in [1.82, 2.24) is 4.90 Å². The fourth-order valence-electron chi connectivity index (χ4n) is 6.93. The van der Waals surface area contributed by atoms with E-state index in [-0.39, 0.29) is 11.5 Å². The second kappa shape index (κ2) is 6.15. The number of nitrogens with one attached hydrogen (secondary N) is 1. The van der Waals surface area contributed by atoms with Gasteiger partial charge in [0.2, 0.25) is 5.91 Å². The van der Waals surface area contributed by atoms with Crippen LogP contribution >= 0.6 is 11.6 Å². The molecule has 1 N–H and O–H groups in total. The highest BCUT2D eigenvalue weighted by Crippen LogP contribution is 2.58. The van der Waals surface area contributed by atoms with E-state index in [0.717, 1.165) is 53.4 Å². The maximum absolute atomic E-state index is 13.3. The van der Waals surface area contributed by atoms with Gasteiger partial charge in [0.05, 0.1) is 0 Å². The van der Waals surface area contributed by atoms with Crippen molar-refractivity contribution >= 4 is 23.2 Å². The second-order valence-corrected chi connectivity index (χ2v) is 9.78. The van der Waals surface area contributed by atoms with Crippen molar-refractivity contribution in [2.75, 3.05) is 18.9 Å². The van der Waals surface area contributed by atoms with Gasteiger partial charge in [0.15, 0.2) is 0 Å². The number of benzene rings is 1. The summed E-state index contributed by atoms with van der Waals surface area (Å²) in [7, 11) is 1.90. The topological polar surface area (TPSA) is 32.3 Å². The summed E-state index contributed by atoms with van der Waals surface area (Å²) in [5.74, 6) is 3.17. The largest absolute Gasteiger partial charge is 0.388 e. The van der Waals surface area contributed by atoms with Crippen LogP contribution in [-0.4, -0.2) is 29.9 Å². The third kappa shape index (κ3) is 2.66. The van der Waals surface area contributed by atoms with Crippen LogP contribution in [0, 0.1) is 23.7 Å². The average molecular weight is 373 g/mol. The van der Waals surface area contributed by atoms with Gasteiger partial charge >= 0.3 is 0 Å². The molecule has 4 bridgehead atoms. The third-order valence-electron chi connectivity index (χ3n) is 7.70.